The fourth-order valence-electron chi connectivity index (χ4n) is 2.32. The summed E-state index contributed by atoms with van der Waals surface area (Å²) in [6.07, 6.45) is 0. The topological polar surface area (TPSA) is 73.5 Å². The summed E-state index contributed by atoms with van der Waals surface area (Å²) in [6.45, 7) is 4.41. The molecule has 22 heavy (non-hydrogen) atoms. The van der Waals surface area contributed by atoms with E-state index >= 15 is 0 Å². The highest BCUT2D eigenvalue weighted by molar-refractivity contribution is 5.84. The molecule has 6 nitrogen and oxygen atoms in total. The molecule has 1 aromatic rings. The van der Waals surface area contributed by atoms with Crippen molar-refractivity contribution in [3.8, 4) is 0 Å². The predicted octanol–water partition coefficient (Wildman–Crippen LogP) is 0.445. The smallest absolute Gasteiger partial charge is 0.315 e. The summed E-state index contributed by atoms with van der Waals surface area (Å²) in [6, 6.07) is 5.59. The number of nitrogens with zero attached hydrogens (tertiary/aromatic N) is 1. The molecule has 0 spiro atoms. The molecular formula is C15H21FN4O2. The molecule has 1 heterocycles. The van der Waals surface area contributed by atoms with E-state index in [2.05, 4.69) is 16.0 Å². The van der Waals surface area contributed by atoms with Crippen LogP contribution in [0.2, 0.25) is 0 Å². The van der Waals surface area contributed by atoms with Crippen molar-refractivity contribution in [2.24, 2.45) is 0 Å². The lowest BCUT2D eigenvalue weighted by atomic mass is 10.2. The van der Waals surface area contributed by atoms with Crippen molar-refractivity contribution < 1.29 is 14.0 Å². The van der Waals surface area contributed by atoms with Gasteiger partial charge in [0, 0.05) is 32.2 Å². The van der Waals surface area contributed by atoms with Gasteiger partial charge in [-0.25, -0.2) is 9.18 Å². The minimum absolute atomic E-state index is 0.0282. The normalized spacial score (nSPS) is 17.9. The Hall–Kier alpha value is -2.15. The Morgan fingerprint density at radius 3 is 2.73 bits per heavy atom. The Morgan fingerprint density at radius 1 is 1.32 bits per heavy atom. The van der Waals surface area contributed by atoms with Crippen molar-refractivity contribution in [3.63, 3.8) is 0 Å². The Kier molecular flexibility index (Phi) is 5.71. The van der Waals surface area contributed by atoms with Crippen LogP contribution in [0, 0.1) is 5.82 Å². The number of hydrogen-bond acceptors (Lipinski definition) is 3. The van der Waals surface area contributed by atoms with Crippen molar-refractivity contribution >= 4 is 11.9 Å². The van der Waals surface area contributed by atoms with Crippen LogP contribution in [0.4, 0.5) is 9.18 Å². The van der Waals surface area contributed by atoms with Crippen LogP contribution >= 0.6 is 0 Å². The van der Waals surface area contributed by atoms with Gasteiger partial charge in [-0.3, -0.25) is 4.79 Å². The number of benzene rings is 1. The van der Waals surface area contributed by atoms with E-state index in [-0.39, 0.29) is 30.9 Å². The van der Waals surface area contributed by atoms with Gasteiger partial charge in [-0.05, 0) is 24.6 Å². The van der Waals surface area contributed by atoms with Gasteiger partial charge in [-0.2, -0.15) is 0 Å². The zero-order valence-electron chi connectivity index (χ0n) is 12.6. The number of rotatable bonds is 4. The molecule has 2 rings (SSSR count). The van der Waals surface area contributed by atoms with Gasteiger partial charge < -0.3 is 20.9 Å². The first kappa shape index (κ1) is 16.2. The van der Waals surface area contributed by atoms with Crippen LogP contribution in [0.15, 0.2) is 24.3 Å². The number of urea groups is 1. The molecule has 3 amide bonds. The average Bonchev–Trinajstić information content (AvgIpc) is 2.52. The van der Waals surface area contributed by atoms with Crippen LogP contribution in [0.5, 0.6) is 0 Å². The molecule has 1 aromatic carbocycles. The number of hydrogen-bond donors (Lipinski definition) is 3. The molecule has 3 N–H and O–H groups in total. The van der Waals surface area contributed by atoms with Gasteiger partial charge in [-0.15, -0.1) is 0 Å². The summed E-state index contributed by atoms with van der Waals surface area (Å²) in [7, 11) is 0. The van der Waals surface area contributed by atoms with Crippen molar-refractivity contribution in [1.82, 2.24) is 20.9 Å². The third-order valence-corrected chi connectivity index (χ3v) is 3.59. The number of amides is 3. The van der Waals surface area contributed by atoms with Gasteiger partial charge >= 0.3 is 6.03 Å². The Labute approximate surface area is 129 Å². The van der Waals surface area contributed by atoms with Crippen molar-refractivity contribution in [1.29, 1.82) is 0 Å². The van der Waals surface area contributed by atoms with Gasteiger partial charge in [0.1, 0.15) is 5.82 Å². The molecule has 1 aliphatic rings. The lowest BCUT2D eigenvalue weighted by Crippen LogP contribution is -2.55. The summed E-state index contributed by atoms with van der Waals surface area (Å²) in [4.78, 5) is 25.5. The number of piperazine rings is 1. The molecule has 1 fully saturated rings. The van der Waals surface area contributed by atoms with E-state index in [0.29, 0.717) is 6.54 Å². The number of carbonyl (C=O) groups excluding carboxylic acids is 2. The third kappa shape index (κ3) is 4.70. The first-order valence-electron chi connectivity index (χ1n) is 7.32. The molecular weight excluding hydrogens is 287 g/mol. The molecule has 0 aromatic heterocycles. The summed E-state index contributed by atoms with van der Waals surface area (Å²) >= 11 is 0. The summed E-state index contributed by atoms with van der Waals surface area (Å²) in [5, 5.41) is 8.38. The molecule has 0 aliphatic carbocycles. The molecule has 1 aliphatic heterocycles. The SMILES string of the molecule is C[C@@H]1CNCCN1C(=O)CNC(=O)NCc1ccc(F)cc1. The average molecular weight is 308 g/mol. The molecule has 120 valence electrons. The van der Waals surface area contributed by atoms with E-state index in [4.69, 9.17) is 0 Å². The van der Waals surface area contributed by atoms with Crippen molar-refractivity contribution in [3.05, 3.63) is 35.6 Å². The second-order valence-electron chi connectivity index (χ2n) is 5.30. The molecule has 0 saturated carbocycles. The lowest BCUT2D eigenvalue weighted by Gasteiger charge is -2.34. The Balaban J connectivity index is 1.70. The van der Waals surface area contributed by atoms with Gasteiger partial charge in [0.25, 0.3) is 0 Å². The van der Waals surface area contributed by atoms with Crippen LogP contribution in [-0.2, 0) is 11.3 Å². The van der Waals surface area contributed by atoms with Gasteiger partial charge in [0.2, 0.25) is 5.91 Å². The highest BCUT2D eigenvalue weighted by Gasteiger charge is 2.22. The standard InChI is InChI=1S/C15H21FN4O2/c1-11-8-17-6-7-20(11)14(21)10-19-15(22)18-9-12-2-4-13(16)5-3-12/h2-5,11,17H,6-10H2,1H3,(H2,18,19,22)/t11-/m1/s1. The van der Waals surface area contributed by atoms with Crippen molar-refractivity contribution in [2.45, 2.75) is 19.5 Å². The Morgan fingerprint density at radius 2 is 2.05 bits per heavy atom. The van der Waals surface area contributed by atoms with Crippen LogP contribution in [0.25, 0.3) is 0 Å². The molecule has 0 radical (unpaired) electrons. The third-order valence-electron chi connectivity index (χ3n) is 3.59. The minimum atomic E-state index is -0.416. The maximum Gasteiger partial charge on any atom is 0.315 e. The summed E-state index contributed by atoms with van der Waals surface area (Å²) in [5.41, 5.74) is 0.790. The zero-order valence-corrected chi connectivity index (χ0v) is 12.6. The molecule has 0 bridgehead atoms. The van der Waals surface area contributed by atoms with E-state index in [0.717, 1.165) is 18.7 Å². The highest BCUT2D eigenvalue weighted by atomic mass is 19.1. The second kappa shape index (κ2) is 7.74. The summed E-state index contributed by atoms with van der Waals surface area (Å²) < 4.78 is 12.8. The molecule has 7 heteroatoms. The Bertz CT molecular complexity index is 521. The van der Waals surface area contributed by atoms with E-state index in [1.54, 1.807) is 17.0 Å². The van der Waals surface area contributed by atoms with Crippen LogP contribution < -0.4 is 16.0 Å². The van der Waals surface area contributed by atoms with E-state index in [1.165, 1.54) is 12.1 Å². The second-order valence-corrected chi connectivity index (χ2v) is 5.30. The largest absolute Gasteiger partial charge is 0.336 e. The first-order valence-corrected chi connectivity index (χ1v) is 7.32. The zero-order chi connectivity index (χ0) is 15.9. The van der Waals surface area contributed by atoms with Gasteiger partial charge in [0.15, 0.2) is 0 Å². The van der Waals surface area contributed by atoms with Crippen LogP contribution in [0.3, 0.4) is 0 Å². The van der Waals surface area contributed by atoms with E-state index in [1.807, 2.05) is 6.92 Å². The monoisotopic (exact) mass is 308 g/mol. The predicted molar refractivity (Wildman–Crippen MR) is 80.7 cm³/mol. The van der Waals surface area contributed by atoms with Crippen LogP contribution in [-0.4, -0.2) is 49.1 Å². The first-order chi connectivity index (χ1) is 10.6. The number of halogens is 1. The number of carbonyl (C=O) groups is 2. The van der Waals surface area contributed by atoms with Gasteiger partial charge in [0.05, 0.1) is 6.54 Å². The number of nitrogens with one attached hydrogen (secondary N) is 3. The van der Waals surface area contributed by atoms with E-state index in [9.17, 15) is 14.0 Å². The maximum absolute atomic E-state index is 12.8. The molecule has 0 unspecified atom stereocenters. The molecule has 1 atom stereocenters. The lowest BCUT2D eigenvalue weighted by molar-refractivity contribution is -0.132. The maximum atomic E-state index is 12.8. The summed E-state index contributed by atoms with van der Waals surface area (Å²) in [5.74, 6) is -0.408. The molecule has 1 saturated heterocycles. The quantitative estimate of drug-likeness (QED) is 0.756. The van der Waals surface area contributed by atoms with E-state index < -0.39 is 6.03 Å². The highest BCUT2D eigenvalue weighted by Crippen LogP contribution is 2.03. The fourth-order valence-corrected chi connectivity index (χ4v) is 2.32. The van der Waals surface area contributed by atoms with Crippen molar-refractivity contribution in [2.75, 3.05) is 26.2 Å². The fraction of sp³-hybridized carbons (Fsp3) is 0.467. The van der Waals surface area contributed by atoms with Crippen LogP contribution in [0.1, 0.15) is 12.5 Å². The van der Waals surface area contributed by atoms with Gasteiger partial charge in [-0.1, -0.05) is 12.1 Å². The minimum Gasteiger partial charge on any atom is -0.336 e.